The molecule has 0 saturated carbocycles. The second-order valence-corrected chi connectivity index (χ2v) is 14.7. The molecule has 0 amide bonds. The first-order valence-electron chi connectivity index (χ1n) is 12.0. The molecule has 2 aliphatic heterocycles. The van der Waals surface area contributed by atoms with Crippen molar-refractivity contribution in [1.82, 2.24) is 19.1 Å². The molecule has 0 radical (unpaired) electrons. The van der Waals surface area contributed by atoms with Crippen LogP contribution in [0.3, 0.4) is 0 Å². The van der Waals surface area contributed by atoms with Crippen LogP contribution in [0.2, 0.25) is 15.1 Å². The summed E-state index contributed by atoms with van der Waals surface area (Å²) in [6.07, 6.45) is 10.2. The maximum absolute atomic E-state index is 7.39. The van der Waals surface area contributed by atoms with Crippen LogP contribution in [0.25, 0.3) is 21.3 Å². The molecule has 13 heteroatoms. The first-order chi connectivity index (χ1) is 20.0. The van der Waals surface area contributed by atoms with Gasteiger partial charge in [0.05, 0.1) is 33.3 Å². The Kier molecular flexibility index (Phi) is 10.4. The van der Waals surface area contributed by atoms with Gasteiger partial charge < -0.3 is 9.69 Å². The summed E-state index contributed by atoms with van der Waals surface area (Å²) in [5.41, 5.74) is 2.19. The Morgan fingerprint density at radius 2 is 1.29 bits per heavy atom. The average molecular weight is 674 g/mol. The summed E-state index contributed by atoms with van der Waals surface area (Å²) in [5, 5.41) is 2.63. The molecule has 0 bridgehead atoms. The fourth-order valence-electron chi connectivity index (χ4n) is 3.92. The third-order valence-corrected chi connectivity index (χ3v) is 12.6. The van der Waals surface area contributed by atoms with E-state index in [0.717, 1.165) is 36.1 Å². The minimum Gasteiger partial charge on any atom is -0.362 e. The Morgan fingerprint density at radius 1 is 0.756 bits per heavy atom. The fourth-order valence-corrected chi connectivity index (χ4v) is 10.7. The lowest BCUT2D eigenvalue weighted by Crippen LogP contribution is -1.93. The first kappa shape index (κ1) is 30.1. The number of benzene rings is 2. The van der Waals surface area contributed by atoms with Gasteiger partial charge in [0.2, 0.25) is 0 Å². The van der Waals surface area contributed by atoms with Gasteiger partial charge in [-0.15, -0.1) is 47.0 Å². The summed E-state index contributed by atoms with van der Waals surface area (Å²) in [5.74, 6) is 3.02. The van der Waals surface area contributed by atoms with Gasteiger partial charge in [0.15, 0.2) is 12.7 Å². The second-order valence-electron chi connectivity index (χ2n) is 8.41. The molecule has 41 heavy (non-hydrogen) atoms. The zero-order valence-corrected chi connectivity index (χ0v) is 26.6. The van der Waals surface area contributed by atoms with Crippen LogP contribution in [0, 0.1) is 13.1 Å². The Labute approximate surface area is 270 Å². The van der Waals surface area contributed by atoms with Crippen LogP contribution in [0.5, 0.6) is 0 Å². The van der Waals surface area contributed by atoms with Crippen molar-refractivity contribution in [2.75, 3.05) is 11.5 Å². The average Bonchev–Trinajstić information content (AvgIpc) is 3.80. The Morgan fingerprint density at radius 3 is 1.76 bits per heavy atom. The van der Waals surface area contributed by atoms with Crippen LogP contribution < -0.4 is 0 Å². The van der Waals surface area contributed by atoms with E-state index in [1.807, 2.05) is 30.3 Å². The number of rotatable bonds is 4. The maximum Gasteiger partial charge on any atom is 0.255 e. The minimum atomic E-state index is 0.232. The Hall–Kier alpha value is -2.41. The summed E-state index contributed by atoms with van der Waals surface area (Å²) < 4.78 is 5.54. The van der Waals surface area contributed by atoms with Gasteiger partial charge in [-0.1, -0.05) is 72.2 Å². The van der Waals surface area contributed by atoms with Crippen LogP contribution in [0.4, 0.5) is 0 Å². The van der Waals surface area contributed by atoms with Gasteiger partial charge in [-0.25, -0.2) is 9.97 Å². The molecule has 206 valence electrons. The third kappa shape index (κ3) is 7.15. The smallest absolute Gasteiger partial charge is 0.255 e. The van der Waals surface area contributed by atoms with E-state index in [-0.39, 0.29) is 5.25 Å². The van der Waals surface area contributed by atoms with Crippen LogP contribution in [-0.2, 0) is 0 Å². The number of halogens is 3. The van der Waals surface area contributed by atoms with Gasteiger partial charge in [0.25, 0.3) is 11.6 Å². The van der Waals surface area contributed by atoms with Crippen LogP contribution in [0.1, 0.15) is 21.6 Å². The normalized spacial score (nSPS) is 20.5. The van der Waals surface area contributed by atoms with Gasteiger partial charge in [-0.2, -0.15) is 0 Å². The number of nitrogens with zero attached hydrogens (tertiary/aromatic N) is 6. The molecule has 0 aliphatic carbocycles. The van der Waals surface area contributed by atoms with E-state index in [2.05, 4.69) is 25.7 Å². The molecule has 2 aromatic heterocycles. The Balaban J connectivity index is 0.000000165. The van der Waals surface area contributed by atoms with Gasteiger partial charge in [0.1, 0.15) is 0 Å². The molecule has 2 atom stereocenters. The standard InChI is InChI=1S/C14H9Cl2N3S2.C14H10ClN3S2/c1-17-13(19-5-4-18-8-19)14-20-7-12(21-14)10-3-2-9(15)6-11(10)16;1-16-13(18-7-6-17-9-18)14-19-8-12(20-14)10-4-2-3-5-11(10)15/h2-6,8,12H,7H2;2-7,9,12H,8H2/b2*14-13+. The molecule has 2 unspecified atom stereocenters. The summed E-state index contributed by atoms with van der Waals surface area (Å²) in [6, 6.07) is 13.5. The molecule has 6 nitrogen and oxygen atoms in total. The predicted octanol–water partition coefficient (Wildman–Crippen LogP) is 10.2. The van der Waals surface area contributed by atoms with E-state index in [4.69, 9.17) is 47.9 Å². The topological polar surface area (TPSA) is 44.4 Å². The molecule has 0 spiro atoms. The lowest BCUT2D eigenvalue weighted by atomic mass is 10.2. The third-order valence-electron chi connectivity index (χ3n) is 5.87. The first-order valence-corrected chi connectivity index (χ1v) is 16.8. The van der Waals surface area contributed by atoms with E-state index in [1.54, 1.807) is 99.7 Å². The summed E-state index contributed by atoms with van der Waals surface area (Å²) in [6.45, 7) is 14.8. The van der Waals surface area contributed by atoms with Crippen molar-refractivity contribution in [1.29, 1.82) is 0 Å². The van der Waals surface area contributed by atoms with Crippen molar-refractivity contribution >= 4 is 93.5 Å². The molecule has 4 heterocycles. The molecule has 6 rings (SSSR count). The summed E-state index contributed by atoms with van der Waals surface area (Å²) in [4.78, 5) is 15.3. The van der Waals surface area contributed by atoms with Crippen LogP contribution in [0.15, 0.2) is 88.4 Å². The SMILES string of the molecule is [C-]#[N+]/C(=C1/SCC(c2ccc(Cl)cc2Cl)S1)n1ccnc1.[C-]#[N+]/C(=C1/SCC(c2ccccc2Cl)S1)n1ccnc1. The number of hydrogen-bond donors (Lipinski definition) is 0. The largest absolute Gasteiger partial charge is 0.362 e. The zero-order chi connectivity index (χ0) is 28.8. The molecule has 2 aliphatic rings. The minimum absolute atomic E-state index is 0.232. The second kappa shape index (κ2) is 14.2. The van der Waals surface area contributed by atoms with Crippen LogP contribution in [-0.4, -0.2) is 30.6 Å². The molecule has 2 fully saturated rings. The predicted molar refractivity (Wildman–Crippen MR) is 178 cm³/mol. The van der Waals surface area contributed by atoms with E-state index in [1.165, 1.54) is 0 Å². The highest BCUT2D eigenvalue weighted by Gasteiger charge is 2.28. The number of imidazole rings is 2. The highest BCUT2D eigenvalue weighted by Crippen LogP contribution is 2.54. The summed E-state index contributed by atoms with van der Waals surface area (Å²) >= 11 is 25.2. The van der Waals surface area contributed by atoms with Crippen molar-refractivity contribution in [2.45, 2.75) is 10.5 Å². The van der Waals surface area contributed by atoms with Gasteiger partial charge >= 0.3 is 0 Å². The molecule has 4 aromatic rings. The maximum atomic E-state index is 7.39. The lowest BCUT2D eigenvalue weighted by molar-refractivity contribution is 1.10. The van der Waals surface area contributed by atoms with Gasteiger partial charge in [0, 0.05) is 37.1 Å². The number of hydrogen-bond acceptors (Lipinski definition) is 6. The fraction of sp³-hybridized carbons (Fsp3) is 0.143. The van der Waals surface area contributed by atoms with Crippen molar-refractivity contribution < 1.29 is 0 Å². The van der Waals surface area contributed by atoms with Crippen molar-refractivity contribution in [3.8, 4) is 0 Å². The van der Waals surface area contributed by atoms with Crippen molar-refractivity contribution in [2.24, 2.45) is 0 Å². The van der Waals surface area contributed by atoms with Gasteiger partial charge in [-0.05, 0) is 29.3 Å². The summed E-state index contributed by atoms with van der Waals surface area (Å²) in [7, 11) is 0. The lowest BCUT2D eigenvalue weighted by Gasteiger charge is -2.10. The van der Waals surface area contributed by atoms with E-state index in [9.17, 15) is 0 Å². The molecular formula is C28H19Cl3N6S4. The molecule has 2 aromatic carbocycles. The number of aromatic nitrogens is 4. The van der Waals surface area contributed by atoms with Crippen molar-refractivity contribution in [3.63, 3.8) is 0 Å². The molecule has 2 saturated heterocycles. The van der Waals surface area contributed by atoms with Crippen LogP contribution >= 0.6 is 81.9 Å². The highest BCUT2D eigenvalue weighted by atomic mass is 35.5. The molecular weight excluding hydrogens is 655 g/mol. The number of thioether (sulfide) groups is 4. The monoisotopic (exact) mass is 672 g/mol. The zero-order valence-electron chi connectivity index (χ0n) is 21.0. The van der Waals surface area contributed by atoms with E-state index in [0.29, 0.717) is 26.9 Å². The quantitative estimate of drug-likeness (QED) is 0.201. The van der Waals surface area contributed by atoms with Gasteiger partial charge in [-0.3, -0.25) is 9.13 Å². The highest BCUT2D eigenvalue weighted by molar-refractivity contribution is 8.26. The van der Waals surface area contributed by atoms with E-state index < -0.39 is 0 Å². The molecule has 0 N–H and O–H groups in total. The van der Waals surface area contributed by atoms with Crippen molar-refractivity contribution in [3.05, 3.63) is 137 Å². The Bertz CT molecular complexity index is 1670. The van der Waals surface area contributed by atoms with E-state index >= 15 is 0 Å².